The standard InChI is InChI=1S/C19H21FN2O6/c20-12-3-4-13-14(10-21(15(13)8-12)7-5-16(23)24)17(19(27)28)22-6-1-2-11(9-22)18(25)26/h3-4,8,10-11,17H,1-2,5-7,9H2,(H,23,24)(H,25,26)(H,27,28)/t11-,17-/m1/s1. The molecule has 28 heavy (non-hydrogen) atoms. The van der Waals surface area contributed by atoms with Crippen LogP contribution >= 0.6 is 0 Å². The molecule has 1 aromatic heterocycles. The molecular weight excluding hydrogens is 371 g/mol. The number of piperidine rings is 1. The largest absolute Gasteiger partial charge is 0.481 e. The van der Waals surface area contributed by atoms with E-state index in [0.717, 1.165) is 0 Å². The van der Waals surface area contributed by atoms with Gasteiger partial charge >= 0.3 is 17.9 Å². The molecule has 1 aromatic carbocycles. The highest BCUT2D eigenvalue weighted by Crippen LogP contribution is 2.34. The molecule has 9 heteroatoms. The number of rotatable bonds is 7. The summed E-state index contributed by atoms with van der Waals surface area (Å²) in [5, 5.41) is 28.6. The highest BCUT2D eigenvalue weighted by Gasteiger charge is 2.35. The number of carbonyl (C=O) groups is 3. The van der Waals surface area contributed by atoms with Crippen LogP contribution in [0.4, 0.5) is 4.39 Å². The number of benzene rings is 1. The Morgan fingerprint density at radius 3 is 2.61 bits per heavy atom. The van der Waals surface area contributed by atoms with Gasteiger partial charge in [-0.3, -0.25) is 19.3 Å². The average Bonchev–Trinajstić information content (AvgIpc) is 2.97. The first-order valence-corrected chi connectivity index (χ1v) is 8.97. The van der Waals surface area contributed by atoms with Crippen LogP contribution < -0.4 is 0 Å². The zero-order chi connectivity index (χ0) is 20.4. The number of carboxylic acids is 3. The first-order valence-electron chi connectivity index (χ1n) is 8.97. The molecule has 0 amide bonds. The summed E-state index contributed by atoms with van der Waals surface area (Å²) in [6.07, 6.45) is 2.40. The number of hydrogen-bond donors (Lipinski definition) is 3. The second kappa shape index (κ2) is 7.97. The summed E-state index contributed by atoms with van der Waals surface area (Å²) in [5.74, 6) is -4.26. The quantitative estimate of drug-likeness (QED) is 0.660. The molecule has 0 spiro atoms. The SMILES string of the molecule is O=C(O)CCn1cc([C@H](C(=O)O)N2CCC[C@@H](C(=O)O)C2)c2ccc(F)cc21. The Bertz CT molecular complexity index is 925. The minimum absolute atomic E-state index is 0.0688. The number of aromatic nitrogens is 1. The van der Waals surface area contributed by atoms with Crippen LogP contribution in [-0.2, 0) is 20.9 Å². The molecule has 1 fully saturated rings. The van der Waals surface area contributed by atoms with Crippen molar-refractivity contribution in [2.45, 2.75) is 31.8 Å². The Morgan fingerprint density at radius 2 is 1.96 bits per heavy atom. The monoisotopic (exact) mass is 392 g/mol. The van der Waals surface area contributed by atoms with E-state index in [1.165, 1.54) is 29.0 Å². The minimum Gasteiger partial charge on any atom is -0.481 e. The van der Waals surface area contributed by atoms with E-state index in [-0.39, 0.29) is 19.5 Å². The zero-order valence-electron chi connectivity index (χ0n) is 15.0. The van der Waals surface area contributed by atoms with E-state index in [4.69, 9.17) is 5.11 Å². The van der Waals surface area contributed by atoms with Gasteiger partial charge in [-0.1, -0.05) is 0 Å². The minimum atomic E-state index is -1.13. The van der Waals surface area contributed by atoms with Crippen LogP contribution in [-0.4, -0.2) is 55.8 Å². The maximum Gasteiger partial charge on any atom is 0.325 e. The Hall–Kier alpha value is -2.94. The van der Waals surface area contributed by atoms with E-state index < -0.39 is 35.7 Å². The van der Waals surface area contributed by atoms with Gasteiger partial charge < -0.3 is 19.9 Å². The normalized spacial score (nSPS) is 18.8. The van der Waals surface area contributed by atoms with Crippen LogP contribution in [0.5, 0.6) is 0 Å². The van der Waals surface area contributed by atoms with E-state index in [0.29, 0.717) is 35.9 Å². The van der Waals surface area contributed by atoms with Gasteiger partial charge in [-0.05, 0) is 37.6 Å². The second-order valence-corrected chi connectivity index (χ2v) is 7.00. The van der Waals surface area contributed by atoms with Gasteiger partial charge in [-0.15, -0.1) is 0 Å². The number of hydrogen-bond acceptors (Lipinski definition) is 4. The predicted molar refractivity (Wildman–Crippen MR) is 96.5 cm³/mol. The maximum atomic E-state index is 13.8. The Balaban J connectivity index is 2.04. The third-order valence-corrected chi connectivity index (χ3v) is 5.14. The molecule has 3 rings (SSSR count). The summed E-state index contributed by atoms with van der Waals surface area (Å²) in [6, 6.07) is 2.85. The molecular formula is C19H21FN2O6. The van der Waals surface area contributed by atoms with Crippen molar-refractivity contribution in [3.63, 3.8) is 0 Å². The highest BCUT2D eigenvalue weighted by atomic mass is 19.1. The Labute approximate surface area is 159 Å². The topological polar surface area (TPSA) is 120 Å². The van der Waals surface area contributed by atoms with E-state index in [2.05, 4.69) is 0 Å². The Kier molecular flexibility index (Phi) is 5.64. The summed E-state index contributed by atoms with van der Waals surface area (Å²) < 4.78 is 15.3. The van der Waals surface area contributed by atoms with Crippen molar-refractivity contribution in [3.05, 3.63) is 35.8 Å². The van der Waals surface area contributed by atoms with Crippen molar-refractivity contribution in [1.29, 1.82) is 0 Å². The summed E-state index contributed by atoms with van der Waals surface area (Å²) >= 11 is 0. The van der Waals surface area contributed by atoms with E-state index in [9.17, 15) is 29.0 Å². The first-order chi connectivity index (χ1) is 13.3. The van der Waals surface area contributed by atoms with Gasteiger partial charge in [0.1, 0.15) is 11.9 Å². The number of aliphatic carboxylic acids is 3. The number of carboxylic acid groups (broad SMARTS) is 3. The van der Waals surface area contributed by atoms with Crippen LogP contribution in [0, 0.1) is 11.7 Å². The number of aryl methyl sites for hydroxylation is 1. The van der Waals surface area contributed by atoms with E-state index >= 15 is 0 Å². The van der Waals surface area contributed by atoms with Crippen LogP contribution in [0.3, 0.4) is 0 Å². The van der Waals surface area contributed by atoms with Crippen LogP contribution in [0.25, 0.3) is 10.9 Å². The fourth-order valence-corrected chi connectivity index (χ4v) is 3.84. The van der Waals surface area contributed by atoms with Crippen LogP contribution in [0.2, 0.25) is 0 Å². The molecule has 2 heterocycles. The smallest absolute Gasteiger partial charge is 0.325 e. The summed E-state index contributed by atoms with van der Waals surface area (Å²) in [5.41, 5.74) is 0.813. The molecule has 1 aliphatic rings. The van der Waals surface area contributed by atoms with Gasteiger partial charge in [0.15, 0.2) is 0 Å². The summed E-state index contributed by atoms with van der Waals surface area (Å²) in [6.45, 7) is 0.610. The lowest BCUT2D eigenvalue weighted by Crippen LogP contribution is -2.43. The van der Waals surface area contributed by atoms with Gasteiger partial charge in [-0.2, -0.15) is 0 Å². The maximum absolute atomic E-state index is 13.8. The number of nitrogens with zero attached hydrogens (tertiary/aromatic N) is 2. The van der Waals surface area contributed by atoms with Gasteiger partial charge in [0, 0.05) is 30.2 Å². The molecule has 2 aromatic rings. The molecule has 0 bridgehead atoms. The number of fused-ring (bicyclic) bond motifs is 1. The molecule has 0 aliphatic carbocycles. The molecule has 2 atom stereocenters. The van der Waals surface area contributed by atoms with Crippen molar-refractivity contribution < 1.29 is 34.1 Å². The van der Waals surface area contributed by atoms with Crippen molar-refractivity contribution in [2.24, 2.45) is 5.92 Å². The molecule has 1 saturated heterocycles. The lowest BCUT2D eigenvalue weighted by Gasteiger charge is -2.34. The predicted octanol–water partition coefficient (Wildman–Crippen LogP) is 2.18. The molecule has 1 aliphatic heterocycles. The summed E-state index contributed by atoms with van der Waals surface area (Å²) in [7, 11) is 0. The van der Waals surface area contributed by atoms with Gasteiger partial charge in [0.05, 0.1) is 17.9 Å². The van der Waals surface area contributed by atoms with Crippen molar-refractivity contribution >= 4 is 28.8 Å². The van der Waals surface area contributed by atoms with Gasteiger partial charge in [-0.25, -0.2) is 4.39 Å². The first kappa shape index (κ1) is 19.8. The van der Waals surface area contributed by atoms with Gasteiger partial charge in [0.2, 0.25) is 0 Å². The number of likely N-dealkylation sites (tertiary alicyclic amines) is 1. The lowest BCUT2D eigenvalue weighted by molar-refractivity contribution is -0.149. The third-order valence-electron chi connectivity index (χ3n) is 5.14. The fourth-order valence-electron chi connectivity index (χ4n) is 3.84. The van der Waals surface area contributed by atoms with Gasteiger partial charge in [0.25, 0.3) is 0 Å². The molecule has 0 saturated carbocycles. The van der Waals surface area contributed by atoms with Crippen LogP contribution in [0.1, 0.15) is 30.9 Å². The fraction of sp³-hybridized carbons (Fsp3) is 0.421. The molecule has 0 radical (unpaired) electrons. The van der Waals surface area contributed by atoms with E-state index in [1.807, 2.05) is 0 Å². The van der Waals surface area contributed by atoms with Crippen molar-refractivity contribution in [2.75, 3.05) is 13.1 Å². The highest BCUT2D eigenvalue weighted by molar-refractivity contribution is 5.90. The molecule has 150 valence electrons. The van der Waals surface area contributed by atoms with Crippen LogP contribution in [0.15, 0.2) is 24.4 Å². The third kappa shape index (κ3) is 3.99. The summed E-state index contributed by atoms with van der Waals surface area (Å²) in [4.78, 5) is 36.0. The lowest BCUT2D eigenvalue weighted by atomic mass is 9.94. The van der Waals surface area contributed by atoms with Crippen molar-refractivity contribution in [3.8, 4) is 0 Å². The Morgan fingerprint density at radius 1 is 1.21 bits per heavy atom. The average molecular weight is 392 g/mol. The number of halogens is 1. The van der Waals surface area contributed by atoms with E-state index in [1.54, 1.807) is 4.90 Å². The molecule has 0 unspecified atom stereocenters. The zero-order valence-corrected chi connectivity index (χ0v) is 15.0. The molecule has 3 N–H and O–H groups in total. The second-order valence-electron chi connectivity index (χ2n) is 7.00. The molecule has 8 nitrogen and oxygen atoms in total. The van der Waals surface area contributed by atoms with Crippen molar-refractivity contribution in [1.82, 2.24) is 9.47 Å².